The Labute approximate surface area is 209 Å². The molecule has 0 spiro atoms. The molecule has 5 nitrogen and oxygen atoms in total. The zero-order chi connectivity index (χ0) is 25.3. The van der Waals surface area contributed by atoms with E-state index in [0.717, 1.165) is 60.2 Å². The van der Waals surface area contributed by atoms with Gasteiger partial charge in [-0.15, -0.1) is 0 Å². The average Bonchev–Trinajstić information content (AvgIpc) is 2.72. The lowest BCUT2D eigenvalue weighted by molar-refractivity contribution is -0.138. The molecule has 1 aliphatic heterocycles. The highest BCUT2D eigenvalue weighted by Crippen LogP contribution is 2.40. The van der Waals surface area contributed by atoms with Crippen molar-refractivity contribution in [2.45, 2.75) is 98.1 Å². The number of urea groups is 1. The number of carbonyl (C=O) groups is 2. The number of amides is 2. The number of halogens is 1. The van der Waals surface area contributed by atoms with Crippen LogP contribution in [-0.2, 0) is 16.8 Å². The third-order valence-corrected chi connectivity index (χ3v) is 7.87. The Bertz CT molecular complexity index is 941. The molecule has 0 unspecified atom stereocenters. The van der Waals surface area contributed by atoms with Crippen molar-refractivity contribution in [1.82, 2.24) is 10.2 Å². The minimum absolute atomic E-state index is 0.0958. The molecular formula is C28H41ClN2O3. The summed E-state index contributed by atoms with van der Waals surface area (Å²) >= 11 is 6.72. The maximum atomic E-state index is 13.3. The fraction of sp³-hybridized carbons (Fsp3) is 0.643. The maximum Gasteiger partial charge on any atom is 0.322 e. The van der Waals surface area contributed by atoms with Crippen molar-refractivity contribution in [2.24, 2.45) is 17.3 Å². The van der Waals surface area contributed by atoms with Gasteiger partial charge in [-0.1, -0.05) is 58.4 Å². The second-order valence-electron chi connectivity index (χ2n) is 11.8. The van der Waals surface area contributed by atoms with Gasteiger partial charge < -0.3 is 10.4 Å². The number of rotatable bonds is 7. The maximum absolute atomic E-state index is 13.3. The molecule has 1 fully saturated rings. The summed E-state index contributed by atoms with van der Waals surface area (Å²) in [5.74, 6) is -0.296. The van der Waals surface area contributed by atoms with Crippen LogP contribution in [0.4, 0.5) is 4.79 Å². The number of benzene rings is 1. The van der Waals surface area contributed by atoms with Crippen LogP contribution in [0.5, 0.6) is 0 Å². The largest absolute Gasteiger partial charge is 0.481 e. The molecule has 2 aliphatic rings. The smallest absolute Gasteiger partial charge is 0.322 e. The third kappa shape index (κ3) is 6.16. The van der Waals surface area contributed by atoms with E-state index in [1.54, 1.807) is 0 Å². The van der Waals surface area contributed by atoms with Gasteiger partial charge in [-0.05, 0) is 85.5 Å². The molecule has 188 valence electrons. The molecule has 2 N–H and O–H groups in total. The second kappa shape index (κ2) is 10.3. The van der Waals surface area contributed by atoms with Crippen LogP contribution in [-0.4, -0.2) is 28.0 Å². The van der Waals surface area contributed by atoms with E-state index in [-0.39, 0.29) is 35.7 Å². The Morgan fingerprint density at radius 1 is 1.24 bits per heavy atom. The lowest BCUT2D eigenvalue weighted by Gasteiger charge is -2.45. The lowest BCUT2D eigenvalue weighted by atomic mass is 9.77. The highest BCUT2D eigenvalue weighted by Gasteiger charge is 2.42. The summed E-state index contributed by atoms with van der Waals surface area (Å²) in [6.07, 6.45) is 7.60. The monoisotopic (exact) mass is 488 g/mol. The van der Waals surface area contributed by atoms with Crippen LogP contribution >= 0.6 is 11.6 Å². The summed E-state index contributed by atoms with van der Waals surface area (Å²) in [5, 5.41) is 13.1. The molecule has 6 heteroatoms. The van der Waals surface area contributed by atoms with Gasteiger partial charge in [0.2, 0.25) is 0 Å². The molecule has 0 aromatic heterocycles. The van der Waals surface area contributed by atoms with E-state index in [1.807, 2.05) is 17.2 Å². The number of carbonyl (C=O) groups excluding carboxylic acids is 1. The summed E-state index contributed by atoms with van der Waals surface area (Å²) in [7, 11) is 0. The molecule has 3 rings (SSSR count). The van der Waals surface area contributed by atoms with Crippen LogP contribution in [0.1, 0.15) is 91.2 Å². The minimum atomic E-state index is -0.736. The summed E-state index contributed by atoms with van der Waals surface area (Å²) in [4.78, 5) is 26.2. The molecular weight excluding hydrogens is 448 g/mol. The van der Waals surface area contributed by atoms with Gasteiger partial charge in [-0.3, -0.25) is 9.69 Å². The zero-order valence-corrected chi connectivity index (χ0v) is 22.3. The highest BCUT2D eigenvalue weighted by atomic mass is 35.5. The Kier molecular flexibility index (Phi) is 8.07. The van der Waals surface area contributed by atoms with Crippen LogP contribution < -0.4 is 5.32 Å². The van der Waals surface area contributed by atoms with Crippen molar-refractivity contribution >= 4 is 23.6 Å². The summed E-state index contributed by atoms with van der Waals surface area (Å²) in [6, 6.07) is 6.23. The van der Waals surface area contributed by atoms with Gasteiger partial charge in [0.25, 0.3) is 0 Å². The predicted molar refractivity (Wildman–Crippen MR) is 138 cm³/mol. The van der Waals surface area contributed by atoms with Crippen LogP contribution in [0.25, 0.3) is 0 Å². The number of aliphatic carboxylic acids is 1. The van der Waals surface area contributed by atoms with Gasteiger partial charge in [0.15, 0.2) is 0 Å². The molecule has 0 saturated heterocycles. The Morgan fingerprint density at radius 2 is 1.88 bits per heavy atom. The van der Waals surface area contributed by atoms with E-state index in [4.69, 9.17) is 16.7 Å². The molecule has 2 amide bonds. The van der Waals surface area contributed by atoms with Gasteiger partial charge in [0.1, 0.15) is 0 Å². The average molecular weight is 489 g/mol. The molecule has 1 aromatic rings. The number of nitrogens with one attached hydrogen (secondary N) is 1. The van der Waals surface area contributed by atoms with Gasteiger partial charge in [-0.25, -0.2) is 4.79 Å². The van der Waals surface area contributed by atoms with Gasteiger partial charge in [-0.2, -0.15) is 0 Å². The van der Waals surface area contributed by atoms with E-state index in [0.29, 0.717) is 0 Å². The standard InChI is InChI=1S/C28H41ClN2O3/c1-18(2)23-17-31(22-11-7-19(8-12-22)15-25(32)33)26(34)30-28(23,6)21-10-9-20(24(29)16-21)13-14-27(3,4)5/h9-10,16-19,22H,7-8,11-15H2,1-6H3,(H,30,34)(H,32,33)/t19-,22-,28-/m0/s1. The number of nitrogens with zero attached hydrogens (tertiary/aromatic N) is 1. The first kappa shape index (κ1) is 26.6. The summed E-state index contributed by atoms with van der Waals surface area (Å²) < 4.78 is 0. The molecule has 0 bridgehead atoms. The number of carboxylic acid groups (broad SMARTS) is 1. The predicted octanol–water partition coefficient (Wildman–Crippen LogP) is 7.13. The topological polar surface area (TPSA) is 69.6 Å². The summed E-state index contributed by atoms with van der Waals surface area (Å²) in [5.41, 5.74) is 2.90. The Morgan fingerprint density at radius 3 is 2.41 bits per heavy atom. The number of hydrogen-bond acceptors (Lipinski definition) is 2. The van der Waals surface area contributed by atoms with Crippen molar-refractivity contribution in [2.75, 3.05) is 0 Å². The molecule has 1 aromatic carbocycles. The van der Waals surface area contributed by atoms with Crippen LogP contribution in [0.15, 0.2) is 30.0 Å². The van der Waals surface area contributed by atoms with Crippen molar-refractivity contribution in [3.63, 3.8) is 0 Å². The van der Waals surface area contributed by atoms with Crippen LogP contribution in [0.3, 0.4) is 0 Å². The van der Waals surface area contributed by atoms with Gasteiger partial charge in [0.05, 0.1) is 5.54 Å². The lowest BCUT2D eigenvalue weighted by Crippen LogP contribution is -2.57. The molecule has 1 atom stereocenters. The minimum Gasteiger partial charge on any atom is -0.481 e. The van der Waals surface area contributed by atoms with E-state index in [9.17, 15) is 9.59 Å². The van der Waals surface area contributed by atoms with E-state index in [1.165, 1.54) is 0 Å². The first-order valence-electron chi connectivity index (χ1n) is 12.6. The van der Waals surface area contributed by atoms with E-state index < -0.39 is 11.5 Å². The first-order chi connectivity index (χ1) is 15.8. The van der Waals surface area contributed by atoms with Crippen molar-refractivity contribution in [3.05, 3.63) is 46.1 Å². The first-order valence-corrected chi connectivity index (χ1v) is 13.0. The molecule has 1 saturated carbocycles. The van der Waals surface area contributed by atoms with Gasteiger partial charge in [0, 0.05) is 23.7 Å². The molecule has 1 heterocycles. The Hall–Kier alpha value is -2.01. The Balaban J connectivity index is 1.83. The van der Waals surface area contributed by atoms with E-state index >= 15 is 0 Å². The van der Waals surface area contributed by atoms with Gasteiger partial charge >= 0.3 is 12.0 Å². The number of hydrogen-bond donors (Lipinski definition) is 2. The second-order valence-corrected chi connectivity index (χ2v) is 12.2. The summed E-state index contributed by atoms with van der Waals surface area (Å²) in [6.45, 7) is 13.1. The fourth-order valence-electron chi connectivity index (χ4n) is 5.37. The quantitative estimate of drug-likeness (QED) is 0.428. The molecule has 0 radical (unpaired) electrons. The fourth-order valence-corrected chi connectivity index (χ4v) is 5.64. The zero-order valence-electron chi connectivity index (χ0n) is 21.6. The number of aryl methyl sites for hydroxylation is 1. The SMILES string of the molecule is CC(C)C1=CN([C@H]2CC[C@H](CC(=O)O)CC2)C(=O)N[C@@]1(C)c1ccc(CCC(C)(C)C)c(Cl)c1. The third-order valence-electron chi connectivity index (χ3n) is 7.52. The van der Waals surface area contributed by atoms with Crippen LogP contribution in [0.2, 0.25) is 5.02 Å². The normalized spacial score (nSPS) is 25.8. The molecule has 1 aliphatic carbocycles. The highest BCUT2D eigenvalue weighted by molar-refractivity contribution is 6.31. The van der Waals surface area contributed by atoms with Crippen molar-refractivity contribution < 1.29 is 14.7 Å². The van der Waals surface area contributed by atoms with E-state index in [2.05, 4.69) is 59.0 Å². The van der Waals surface area contributed by atoms with Crippen LogP contribution in [0, 0.1) is 17.3 Å². The van der Waals surface area contributed by atoms with Crippen molar-refractivity contribution in [3.8, 4) is 0 Å². The molecule has 34 heavy (non-hydrogen) atoms. The number of carboxylic acids is 1. The van der Waals surface area contributed by atoms with Crippen molar-refractivity contribution in [1.29, 1.82) is 0 Å².